The van der Waals surface area contributed by atoms with Gasteiger partial charge >= 0.3 is 0 Å². The molecule has 0 aromatic carbocycles. The van der Waals surface area contributed by atoms with Crippen molar-refractivity contribution in [2.24, 2.45) is 10.4 Å². The number of hydrogen-bond donors (Lipinski definition) is 2. The smallest absolute Gasteiger partial charge is 0.228 e. The summed E-state index contributed by atoms with van der Waals surface area (Å²) in [6.45, 7) is 12.4. The molecule has 134 valence electrons. The van der Waals surface area contributed by atoms with Gasteiger partial charge in [0.1, 0.15) is 0 Å². The third kappa shape index (κ3) is 8.50. The average molecular weight is 439 g/mol. The Morgan fingerprint density at radius 2 is 2.04 bits per heavy atom. The lowest BCUT2D eigenvalue weighted by atomic mass is 9.89. The average Bonchev–Trinajstić information content (AvgIpc) is 2.83. The zero-order valence-corrected chi connectivity index (χ0v) is 17.3. The molecule has 1 unspecified atom stereocenters. The Morgan fingerprint density at radius 3 is 2.52 bits per heavy atom. The molecule has 0 saturated carbocycles. The molecule has 1 aromatic heterocycles. The lowest BCUT2D eigenvalue weighted by molar-refractivity contribution is 0.0241. The summed E-state index contributed by atoms with van der Waals surface area (Å²) in [5.41, 5.74) is 0.0524. The fourth-order valence-electron chi connectivity index (χ4n) is 1.95. The van der Waals surface area contributed by atoms with Crippen LogP contribution in [0.5, 0.6) is 0 Å². The van der Waals surface area contributed by atoms with E-state index in [-0.39, 0.29) is 35.5 Å². The first-order valence-corrected chi connectivity index (χ1v) is 7.71. The van der Waals surface area contributed by atoms with Crippen molar-refractivity contribution in [3.63, 3.8) is 0 Å². The fraction of sp³-hybridized carbons (Fsp3) is 0.800. The van der Waals surface area contributed by atoms with Gasteiger partial charge in [-0.15, -0.1) is 24.0 Å². The van der Waals surface area contributed by atoms with Crippen LogP contribution in [-0.2, 0) is 11.2 Å². The number of nitrogens with one attached hydrogen (secondary N) is 2. The van der Waals surface area contributed by atoms with Crippen molar-refractivity contribution in [1.82, 2.24) is 20.8 Å². The highest BCUT2D eigenvalue weighted by Crippen LogP contribution is 2.21. The number of aryl methyl sites for hydroxylation is 1. The van der Waals surface area contributed by atoms with E-state index in [1.165, 1.54) is 0 Å². The summed E-state index contributed by atoms with van der Waals surface area (Å²) < 4.78 is 10.6. The number of halogens is 1. The van der Waals surface area contributed by atoms with Crippen LogP contribution in [0.4, 0.5) is 0 Å². The number of rotatable bonds is 7. The molecule has 0 amide bonds. The van der Waals surface area contributed by atoms with Gasteiger partial charge in [0, 0.05) is 26.6 Å². The summed E-state index contributed by atoms with van der Waals surface area (Å²) in [6, 6.07) is 0. The van der Waals surface area contributed by atoms with Gasteiger partial charge in [0.25, 0.3) is 0 Å². The number of guanidine groups is 1. The molecule has 1 heterocycles. The maximum Gasteiger partial charge on any atom is 0.228 e. The van der Waals surface area contributed by atoms with Gasteiger partial charge in [-0.05, 0) is 19.3 Å². The van der Waals surface area contributed by atoms with Crippen molar-refractivity contribution >= 4 is 29.9 Å². The van der Waals surface area contributed by atoms with E-state index in [1.807, 2.05) is 13.8 Å². The van der Waals surface area contributed by atoms with Crippen LogP contribution in [0, 0.1) is 12.3 Å². The predicted octanol–water partition coefficient (Wildman–Crippen LogP) is 2.15. The van der Waals surface area contributed by atoms with E-state index < -0.39 is 0 Å². The second kappa shape index (κ2) is 10.8. The minimum absolute atomic E-state index is 0. The first-order valence-electron chi connectivity index (χ1n) is 7.71. The van der Waals surface area contributed by atoms with E-state index in [4.69, 9.17) is 9.26 Å². The summed E-state index contributed by atoms with van der Waals surface area (Å²) in [7, 11) is 1.73. The lowest BCUT2D eigenvalue weighted by Gasteiger charge is -2.28. The molecule has 1 atom stereocenters. The number of ether oxygens (including phenoxy) is 1. The normalized spacial score (nSPS) is 13.4. The van der Waals surface area contributed by atoms with Crippen LogP contribution in [-0.4, -0.2) is 48.9 Å². The second-order valence-corrected chi connectivity index (χ2v) is 6.22. The molecule has 0 saturated heterocycles. The van der Waals surface area contributed by atoms with E-state index in [0.717, 1.165) is 12.5 Å². The van der Waals surface area contributed by atoms with Gasteiger partial charge in [0.05, 0.1) is 12.6 Å². The number of hydrogen-bond acceptors (Lipinski definition) is 5. The minimum Gasteiger partial charge on any atom is -0.379 e. The maximum absolute atomic E-state index is 5.52. The van der Waals surface area contributed by atoms with Crippen molar-refractivity contribution in [3.8, 4) is 0 Å². The molecule has 1 rings (SSSR count). The summed E-state index contributed by atoms with van der Waals surface area (Å²) >= 11 is 0. The van der Waals surface area contributed by atoms with E-state index in [1.54, 1.807) is 7.11 Å². The Morgan fingerprint density at radius 1 is 1.35 bits per heavy atom. The molecule has 0 spiro atoms. The summed E-state index contributed by atoms with van der Waals surface area (Å²) in [4.78, 5) is 8.77. The minimum atomic E-state index is 0. The molecule has 1 aromatic rings. The molecule has 8 heteroatoms. The highest BCUT2D eigenvalue weighted by Gasteiger charge is 2.24. The molecular weight excluding hydrogens is 409 g/mol. The fourth-order valence-corrected chi connectivity index (χ4v) is 1.95. The first kappa shape index (κ1) is 22.1. The van der Waals surface area contributed by atoms with Crippen molar-refractivity contribution in [2.75, 3.05) is 26.7 Å². The first-order chi connectivity index (χ1) is 10.4. The molecule has 23 heavy (non-hydrogen) atoms. The molecule has 0 radical (unpaired) electrons. The van der Waals surface area contributed by atoms with Gasteiger partial charge in [-0.1, -0.05) is 25.9 Å². The van der Waals surface area contributed by atoms with Crippen LogP contribution in [0.25, 0.3) is 0 Å². The van der Waals surface area contributed by atoms with Gasteiger partial charge in [0.2, 0.25) is 5.89 Å². The van der Waals surface area contributed by atoms with Crippen LogP contribution >= 0.6 is 24.0 Å². The summed E-state index contributed by atoms with van der Waals surface area (Å²) in [6.07, 6.45) is 0.736. The molecule has 0 aliphatic rings. The monoisotopic (exact) mass is 439 g/mol. The van der Waals surface area contributed by atoms with Crippen LogP contribution in [0.15, 0.2) is 9.52 Å². The number of methoxy groups -OCH3 is 1. The van der Waals surface area contributed by atoms with Crippen molar-refractivity contribution < 1.29 is 9.26 Å². The predicted molar refractivity (Wildman–Crippen MR) is 102 cm³/mol. The summed E-state index contributed by atoms with van der Waals surface area (Å²) in [5.74, 6) is 2.05. The third-order valence-electron chi connectivity index (χ3n) is 3.21. The van der Waals surface area contributed by atoms with Gasteiger partial charge < -0.3 is 19.9 Å². The number of aliphatic imine (C=N–C) groups is 1. The molecule has 2 N–H and O–H groups in total. The summed E-state index contributed by atoms with van der Waals surface area (Å²) in [5, 5.41) is 10.3. The largest absolute Gasteiger partial charge is 0.379 e. The Balaban J connectivity index is 0.00000484. The van der Waals surface area contributed by atoms with Crippen LogP contribution < -0.4 is 10.6 Å². The van der Waals surface area contributed by atoms with Crippen molar-refractivity contribution in [1.29, 1.82) is 0 Å². The highest BCUT2D eigenvalue weighted by molar-refractivity contribution is 14.0. The molecule has 0 aliphatic heterocycles. The van der Waals surface area contributed by atoms with E-state index in [9.17, 15) is 0 Å². The standard InChI is InChI=1S/C15H29N5O2.HI/c1-7-16-14(18-10-12(21-6)15(3,4)5)17-9-8-13-19-11(2)20-22-13;/h12H,7-10H2,1-6H3,(H2,16,17,18);1H. The van der Waals surface area contributed by atoms with E-state index in [0.29, 0.717) is 31.2 Å². The Bertz CT molecular complexity index is 471. The van der Waals surface area contributed by atoms with Crippen LogP contribution in [0.3, 0.4) is 0 Å². The van der Waals surface area contributed by atoms with Crippen LogP contribution in [0.2, 0.25) is 0 Å². The van der Waals surface area contributed by atoms with E-state index >= 15 is 0 Å². The van der Waals surface area contributed by atoms with Crippen LogP contribution in [0.1, 0.15) is 39.4 Å². The highest BCUT2D eigenvalue weighted by atomic mass is 127. The Labute approximate surface area is 156 Å². The Kier molecular flexibility index (Phi) is 10.4. The van der Waals surface area contributed by atoms with Gasteiger partial charge in [0.15, 0.2) is 11.8 Å². The lowest BCUT2D eigenvalue weighted by Crippen LogP contribution is -2.40. The SMILES string of the molecule is CCNC(=NCC(OC)C(C)(C)C)NCCc1nc(C)no1.I. The van der Waals surface area contributed by atoms with Gasteiger partial charge in [-0.3, -0.25) is 4.99 Å². The zero-order valence-electron chi connectivity index (χ0n) is 15.0. The maximum atomic E-state index is 5.52. The Hall–Kier alpha value is -0.900. The van der Waals surface area contributed by atoms with Crippen molar-refractivity contribution in [3.05, 3.63) is 11.7 Å². The number of aromatic nitrogens is 2. The van der Waals surface area contributed by atoms with Gasteiger partial charge in [-0.25, -0.2) is 0 Å². The zero-order chi connectivity index (χ0) is 16.6. The molecule has 0 aliphatic carbocycles. The molecular formula is C15H30IN5O2. The van der Waals surface area contributed by atoms with Gasteiger partial charge in [-0.2, -0.15) is 4.98 Å². The molecule has 7 nitrogen and oxygen atoms in total. The van der Waals surface area contributed by atoms with Crippen molar-refractivity contribution in [2.45, 2.75) is 47.1 Å². The molecule has 0 bridgehead atoms. The second-order valence-electron chi connectivity index (χ2n) is 6.22. The topological polar surface area (TPSA) is 84.6 Å². The quantitative estimate of drug-likeness (QED) is 0.385. The molecule has 0 fully saturated rings. The third-order valence-corrected chi connectivity index (χ3v) is 3.21. The van der Waals surface area contributed by atoms with E-state index in [2.05, 4.69) is 46.5 Å². The number of nitrogens with zero attached hydrogens (tertiary/aromatic N) is 3.